The number of nitriles is 1. The van der Waals surface area contributed by atoms with E-state index in [2.05, 4.69) is 15.5 Å². The fourth-order valence-corrected chi connectivity index (χ4v) is 4.87. The molecule has 0 amide bonds. The summed E-state index contributed by atoms with van der Waals surface area (Å²) in [5.41, 5.74) is 0.980. The van der Waals surface area contributed by atoms with Crippen molar-refractivity contribution in [2.75, 3.05) is 13.1 Å². The van der Waals surface area contributed by atoms with E-state index in [4.69, 9.17) is 4.74 Å². The Morgan fingerprint density at radius 3 is 2.45 bits per heavy atom. The minimum absolute atomic E-state index is 0.0556. The van der Waals surface area contributed by atoms with Crippen molar-refractivity contribution in [1.29, 1.82) is 5.26 Å². The van der Waals surface area contributed by atoms with Crippen molar-refractivity contribution in [3.8, 4) is 17.5 Å². The molecule has 0 N–H and O–H groups in total. The molecule has 10 heteroatoms. The molecule has 0 saturated carbocycles. The van der Waals surface area contributed by atoms with E-state index in [1.807, 2.05) is 30.3 Å². The Hall–Kier alpha value is -3.29. The van der Waals surface area contributed by atoms with Gasteiger partial charge >= 0.3 is 0 Å². The zero-order valence-corrected chi connectivity index (χ0v) is 16.2. The number of aromatic nitrogens is 4. The van der Waals surface area contributed by atoms with Gasteiger partial charge in [-0.2, -0.15) is 9.57 Å². The topological polar surface area (TPSA) is 114 Å². The van der Waals surface area contributed by atoms with Crippen molar-refractivity contribution in [2.45, 2.75) is 23.8 Å². The molecule has 0 unspecified atom stereocenters. The van der Waals surface area contributed by atoms with Crippen molar-refractivity contribution in [3.05, 3.63) is 60.4 Å². The van der Waals surface area contributed by atoms with Crippen LogP contribution in [0, 0.1) is 11.3 Å². The molecule has 1 aliphatic heterocycles. The van der Waals surface area contributed by atoms with Crippen LogP contribution in [0.25, 0.3) is 5.69 Å². The van der Waals surface area contributed by atoms with E-state index in [1.54, 1.807) is 16.8 Å². The second-order valence-electron chi connectivity index (χ2n) is 6.58. The minimum atomic E-state index is -3.70. The summed E-state index contributed by atoms with van der Waals surface area (Å²) in [4.78, 5) is 0.0556. The highest BCUT2D eigenvalue weighted by Crippen LogP contribution is 2.25. The number of piperidine rings is 1. The first-order chi connectivity index (χ1) is 14.1. The van der Waals surface area contributed by atoms with Crippen molar-refractivity contribution < 1.29 is 13.2 Å². The summed E-state index contributed by atoms with van der Waals surface area (Å²) in [6.45, 7) is 0.685. The fraction of sp³-hybridized carbons (Fsp3) is 0.263. The molecule has 1 aromatic heterocycles. The van der Waals surface area contributed by atoms with E-state index in [1.165, 1.54) is 22.8 Å². The molecule has 2 aromatic carbocycles. The lowest BCUT2D eigenvalue weighted by Crippen LogP contribution is -2.41. The average Bonchev–Trinajstić information content (AvgIpc) is 3.29. The number of hydrogen-bond acceptors (Lipinski definition) is 7. The lowest BCUT2D eigenvalue weighted by molar-refractivity contribution is 0.135. The monoisotopic (exact) mass is 410 g/mol. The fourth-order valence-electron chi connectivity index (χ4n) is 3.26. The Balaban J connectivity index is 1.39. The van der Waals surface area contributed by atoms with Gasteiger partial charge in [0.25, 0.3) is 0 Å². The van der Waals surface area contributed by atoms with Gasteiger partial charge in [0.1, 0.15) is 24.3 Å². The summed E-state index contributed by atoms with van der Waals surface area (Å²) >= 11 is 0. The number of tetrazole rings is 1. The predicted octanol–water partition coefficient (Wildman–Crippen LogP) is 1.77. The van der Waals surface area contributed by atoms with E-state index in [0.29, 0.717) is 31.7 Å². The van der Waals surface area contributed by atoms with Gasteiger partial charge in [0.2, 0.25) is 10.0 Å². The Kier molecular flexibility index (Phi) is 5.24. The number of benzene rings is 2. The van der Waals surface area contributed by atoms with Crippen LogP contribution in [0.1, 0.15) is 18.4 Å². The van der Waals surface area contributed by atoms with E-state index in [9.17, 15) is 13.7 Å². The maximum Gasteiger partial charge on any atom is 0.244 e. The van der Waals surface area contributed by atoms with Crippen LogP contribution < -0.4 is 4.74 Å². The van der Waals surface area contributed by atoms with Gasteiger partial charge in [-0.05, 0) is 59.7 Å². The standard InChI is InChI=1S/C19H18N6O3S/c20-13-15-3-1-2-4-19(15)29(26,27)24-11-9-18(10-12-24)28-17-7-5-16(6-8-17)25-14-21-22-23-25/h1-8,14,18H,9-12H2. The summed E-state index contributed by atoms with van der Waals surface area (Å²) < 4.78 is 34.8. The zero-order chi connectivity index (χ0) is 20.3. The molecule has 0 bridgehead atoms. The summed E-state index contributed by atoms with van der Waals surface area (Å²) in [7, 11) is -3.70. The van der Waals surface area contributed by atoms with Gasteiger partial charge in [-0.1, -0.05) is 12.1 Å². The van der Waals surface area contributed by atoms with Gasteiger partial charge in [0.15, 0.2) is 0 Å². The molecule has 1 saturated heterocycles. The Labute approximate surface area is 168 Å². The Morgan fingerprint density at radius 1 is 1.07 bits per heavy atom. The lowest BCUT2D eigenvalue weighted by Gasteiger charge is -2.31. The highest BCUT2D eigenvalue weighted by molar-refractivity contribution is 7.89. The van der Waals surface area contributed by atoms with Crippen molar-refractivity contribution in [1.82, 2.24) is 24.5 Å². The largest absolute Gasteiger partial charge is 0.490 e. The second kappa shape index (κ2) is 7.98. The minimum Gasteiger partial charge on any atom is -0.490 e. The van der Waals surface area contributed by atoms with Gasteiger partial charge in [-0.3, -0.25) is 0 Å². The Bertz CT molecular complexity index is 1120. The third kappa shape index (κ3) is 3.96. The molecular formula is C19H18N6O3S. The van der Waals surface area contributed by atoms with Crippen molar-refractivity contribution in [2.24, 2.45) is 0 Å². The van der Waals surface area contributed by atoms with Gasteiger partial charge in [0.05, 0.1) is 16.1 Å². The van der Waals surface area contributed by atoms with Crippen molar-refractivity contribution in [3.63, 3.8) is 0 Å². The molecule has 2 heterocycles. The number of hydrogen-bond donors (Lipinski definition) is 0. The van der Waals surface area contributed by atoms with Crippen molar-refractivity contribution >= 4 is 10.0 Å². The number of ether oxygens (including phenoxy) is 1. The first-order valence-corrected chi connectivity index (χ1v) is 10.5. The third-order valence-corrected chi connectivity index (χ3v) is 6.74. The van der Waals surface area contributed by atoms with E-state index in [0.717, 1.165) is 5.69 Å². The highest BCUT2D eigenvalue weighted by atomic mass is 32.2. The first kappa shape index (κ1) is 19.0. The molecule has 148 valence electrons. The summed E-state index contributed by atoms with van der Waals surface area (Å²) in [5, 5.41) is 20.2. The lowest BCUT2D eigenvalue weighted by atomic mass is 10.1. The second-order valence-corrected chi connectivity index (χ2v) is 8.48. The third-order valence-electron chi connectivity index (χ3n) is 4.78. The molecule has 9 nitrogen and oxygen atoms in total. The van der Waals surface area contributed by atoms with Crippen LogP contribution >= 0.6 is 0 Å². The maximum absolute atomic E-state index is 12.9. The molecule has 29 heavy (non-hydrogen) atoms. The quantitative estimate of drug-likeness (QED) is 0.630. The van der Waals surface area contributed by atoms with Gasteiger partial charge in [-0.25, -0.2) is 13.1 Å². The number of sulfonamides is 1. The molecule has 0 atom stereocenters. The summed E-state index contributed by atoms with van der Waals surface area (Å²) in [5.74, 6) is 0.706. The predicted molar refractivity (Wildman–Crippen MR) is 103 cm³/mol. The summed E-state index contributed by atoms with van der Waals surface area (Å²) in [6.07, 6.45) is 2.58. The molecule has 1 aliphatic rings. The van der Waals surface area contributed by atoms with E-state index >= 15 is 0 Å². The van der Waals surface area contributed by atoms with Gasteiger partial charge in [-0.15, -0.1) is 5.10 Å². The molecular weight excluding hydrogens is 392 g/mol. The zero-order valence-electron chi connectivity index (χ0n) is 15.4. The van der Waals surface area contributed by atoms with Crippen LogP contribution in [0.3, 0.4) is 0 Å². The smallest absolute Gasteiger partial charge is 0.244 e. The van der Waals surface area contributed by atoms with Crippen LogP contribution in [0.4, 0.5) is 0 Å². The average molecular weight is 410 g/mol. The van der Waals surface area contributed by atoms with Crippen LogP contribution in [-0.4, -0.2) is 52.1 Å². The number of rotatable bonds is 5. The highest BCUT2D eigenvalue weighted by Gasteiger charge is 2.31. The molecule has 1 fully saturated rings. The number of nitrogens with zero attached hydrogens (tertiary/aromatic N) is 6. The maximum atomic E-state index is 12.9. The van der Waals surface area contributed by atoms with E-state index in [-0.39, 0.29) is 16.6 Å². The van der Waals surface area contributed by atoms with Gasteiger partial charge < -0.3 is 4.74 Å². The van der Waals surface area contributed by atoms with Crippen LogP contribution in [-0.2, 0) is 10.0 Å². The van der Waals surface area contributed by atoms with Crippen LogP contribution in [0.5, 0.6) is 5.75 Å². The molecule has 4 rings (SSSR count). The first-order valence-electron chi connectivity index (χ1n) is 9.07. The Morgan fingerprint density at radius 2 is 1.79 bits per heavy atom. The van der Waals surface area contributed by atoms with Crippen LogP contribution in [0.2, 0.25) is 0 Å². The molecule has 3 aromatic rings. The summed E-state index contributed by atoms with van der Waals surface area (Å²) in [6, 6.07) is 15.6. The van der Waals surface area contributed by atoms with E-state index < -0.39 is 10.0 Å². The SMILES string of the molecule is N#Cc1ccccc1S(=O)(=O)N1CCC(Oc2ccc(-n3cnnn3)cc2)CC1. The molecule has 0 aliphatic carbocycles. The van der Waals surface area contributed by atoms with Gasteiger partial charge in [0, 0.05) is 13.1 Å². The van der Waals surface area contributed by atoms with Crippen LogP contribution in [0.15, 0.2) is 59.8 Å². The molecule has 0 spiro atoms. The normalized spacial score (nSPS) is 15.7. The molecule has 0 radical (unpaired) electrons.